The molecule has 1 aliphatic heterocycles. The van der Waals surface area contributed by atoms with Crippen LogP contribution < -0.4 is 0 Å². The number of carbonyl (C=O) groups excluding carboxylic acids is 1. The van der Waals surface area contributed by atoms with E-state index < -0.39 is 12.1 Å². The van der Waals surface area contributed by atoms with Crippen molar-refractivity contribution in [1.29, 1.82) is 0 Å². The number of hydrogen-bond donors (Lipinski definition) is 1. The van der Waals surface area contributed by atoms with Crippen LogP contribution in [0.25, 0.3) is 16.8 Å². The van der Waals surface area contributed by atoms with E-state index in [1.807, 2.05) is 54.6 Å². The first-order valence-electron chi connectivity index (χ1n) is 9.26. The Morgan fingerprint density at radius 1 is 1.07 bits per heavy atom. The van der Waals surface area contributed by atoms with Gasteiger partial charge in [0, 0.05) is 6.54 Å². The summed E-state index contributed by atoms with van der Waals surface area (Å²) in [6, 6.07) is 17.9. The van der Waals surface area contributed by atoms with Crippen LogP contribution in [0.3, 0.4) is 0 Å². The number of rotatable bonds is 4. The van der Waals surface area contributed by atoms with Crippen molar-refractivity contribution in [3.8, 4) is 16.8 Å². The van der Waals surface area contributed by atoms with Crippen molar-refractivity contribution in [1.82, 2.24) is 19.9 Å². The summed E-state index contributed by atoms with van der Waals surface area (Å²) in [5.41, 5.74) is 3.80. The second kappa shape index (κ2) is 7.84. The first-order chi connectivity index (χ1) is 14.0. The Balaban J connectivity index is 1.55. The summed E-state index contributed by atoms with van der Waals surface area (Å²) in [5.74, 6) is -1.43. The summed E-state index contributed by atoms with van der Waals surface area (Å²) in [6.45, 7) is 2.26. The molecular formula is C21H20N4O4. The minimum Gasteiger partial charge on any atom is -0.479 e. The monoisotopic (exact) mass is 392 g/mol. The number of hydrogen-bond acceptors (Lipinski definition) is 5. The van der Waals surface area contributed by atoms with Gasteiger partial charge in [-0.25, -0.2) is 9.48 Å². The molecule has 1 N–H and O–H groups in total. The molecule has 3 aromatic rings. The highest BCUT2D eigenvalue weighted by atomic mass is 16.5. The van der Waals surface area contributed by atoms with Crippen molar-refractivity contribution < 1.29 is 19.4 Å². The van der Waals surface area contributed by atoms with Crippen molar-refractivity contribution in [2.45, 2.75) is 13.0 Å². The van der Waals surface area contributed by atoms with E-state index in [-0.39, 0.29) is 24.8 Å². The van der Waals surface area contributed by atoms with Gasteiger partial charge in [-0.3, -0.25) is 4.79 Å². The zero-order valence-corrected chi connectivity index (χ0v) is 15.9. The summed E-state index contributed by atoms with van der Waals surface area (Å²) in [7, 11) is 0. The Bertz CT molecular complexity index is 1030. The van der Waals surface area contributed by atoms with Crippen molar-refractivity contribution in [3.05, 3.63) is 66.0 Å². The van der Waals surface area contributed by atoms with Crippen LogP contribution in [0.5, 0.6) is 0 Å². The molecule has 8 nitrogen and oxygen atoms in total. The minimum atomic E-state index is -1.08. The molecule has 4 rings (SSSR count). The van der Waals surface area contributed by atoms with Crippen LogP contribution in [0.4, 0.5) is 0 Å². The van der Waals surface area contributed by atoms with Crippen LogP contribution in [-0.2, 0) is 9.53 Å². The number of carbonyl (C=O) groups is 2. The van der Waals surface area contributed by atoms with E-state index in [0.717, 1.165) is 16.8 Å². The van der Waals surface area contributed by atoms with Crippen molar-refractivity contribution in [2.75, 3.05) is 19.7 Å². The van der Waals surface area contributed by atoms with Gasteiger partial charge in [-0.1, -0.05) is 47.7 Å². The number of carboxylic acids is 1. The predicted molar refractivity (Wildman–Crippen MR) is 105 cm³/mol. The number of nitrogens with zero attached hydrogens (tertiary/aromatic N) is 4. The highest BCUT2D eigenvalue weighted by Crippen LogP contribution is 2.22. The Labute approximate surface area is 167 Å². The molecule has 2 aromatic carbocycles. The fourth-order valence-electron chi connectivity index (χ4n) is 3.33. The minimum absolute atomic E-state index is 0.00770. The molecule has 0 unspecified atom stereocenters. The van der Waals surface area contributed by atoms with Gasteiger partial charge in [-0.2, -0.15) is 0 Å². The van der Waals surface area contributed by atoms with Crippen LogP contribution >= 0.6 is 0 Å². The SMILES string of the molecule is Cc1c(C(=O)N2CCO[C@@H](C(=O)O)C2)nnn1-c1ccc(-c2ccccc2)cc1. The molecule has 0 bridgehead atoms. The van der Waals surface area contributed by atoms with Crippen molar-refractivity contribution >= 4 is 11.9 Å². The zero-order chi connectivity index (χ0) is 20.4. The molecule has 1 atom stereocenters. The number of amides is 1. The molecule has 148 valence electrons. The van der Waals surface area contributed by atoms with E-state index >= 15 is 0 Å². The average molecular weight is 392 g/mol. The lowest BCUT2D eigenvalue weighted by Crippen LogP contribution is -2.48. The van der Waals surface area contributed by atoms with Gasteiger partial charge in [-0.15, -0.1) is 5.10 Å². The third-order valence-electron chi connectivity index (χ3n) is 4.95. The van der Waals surface area contributed by atoms with Crippen molar-refractivity contribution in [3.63, 3.8) is 0 Å². The highest BCUT2D eigenvalue weighted by molar-refractivity contribution is 5.93. The maximum absolute atomic E-state index is 12.8. The normalized spacial score (nSPS) is 16.6. The number of aromatic nitrogens is 3. The van der Waals surface area contributed by atoms with Crippen LogP contribution in [0.15, 0.2) is 54.6 Å². The molecule has 1 aromatic heterocycles. The molecule has 1 aliphatic rings. The average Bonchev–Trinajstić information content (AvgIpc) is 3.15. The van der Waals surface area contributed by atoms with Crippen molar-refractivity contribution in [2.24, 2.45) is 0 Å². The molecule has 29 heavy (non-hydrogen) atoms. The fourth-order valence-corrected chi connectivity index (χ4v) is 3.33. The van der Waals surface area contributed by atoms with Crippen LogP contribution in [0.2, 0.25) is 0 Å². The van der Waals surface area contributed by atoms with E-state index in [9.17, 15) is 9.59 Å². The van der Waals surface area contributed by atoms with Gasteiger partial charge in [0.25, 0.3) is 5.91 Å². The number of carboxylic acid groups (broad SMARTS) is 1. The lowest BCUT2D eigenvalue weighted by atomic mass is 10.1. The number of ether oxygens (including phenoxy) is 1. The molecular weight excluding hydrogens is 372 g/mol. The molecule has 1 fully saturated rings. The molecule has 2 heterocycles. The second-order valence-corrected chi connectivity index (χ2v) is 6.80. The van der Waals surface area contributed by atoms with Gasteiger partial charge < -0.3 is 14.7 Å². The lowest BCUT2D eigenvalue weighted by Gasteiger charge is -2.30. The standard InChI is InChI=1S/C21H20N4O4/c1-14-19(20(26)24-11-12-29-18(13-24)21(27)28)22-23-25(14)17-9-7-16(8-10-17)15-5-3-2-4-6-15/h2-10,18H,11-13H2,1H3,(H,27,28)/t18-/m1/s1. The number of morpholine rings is 1. The summed E-state index contributed by atoms with van der Waals surface area (Å²) in [5, 5.41) is 17.3. The van der Waals surface area contributed by atoms with Gasteiger partial charge in [0.05, 0.1) is 24.5 Å². The maximum atomic E-state index is 12.8. The second-order valence-electron chi connectivity index (χ2n) is 6.80. The summed E-state index contributed by atoms with van der Waals surface area (Å²) in [6.07, 6.45) is -1.02. The Kier molecular flexibility index (Phi) is 5.09. The van der Waals surface area contributed by atoms with Gasteiger partial charge in [0.1, 0.15) is 0 Å². The van der Waals surface area contributed by atoms with E-state index in [1.165, 1.54) is 4.90 Å². The van der Waals surface area contributed by atoms with Gasteiger partial charge in [0.2, 0.25) is 0 Å². The van der Waals surface area contributed by atoms with Crippen LogP contribution in [-0.4, -0.2) is 62.7 Å². The fraction of sp³-hybridized carbons (Fsp3) is 0.238. The number of benzene rings is 2. The maximum Gasteiger partial charge on any atom is 0.334 e. The summed E-state index contributed by atoms with van der Waals surface area (Å²) < 4.78 is 6.78. The smallest absolute Gasteiger partial charge is 0.334 e. The quantitative estimate of drug-likeness (QED) is 0.731. The first-order valence-corrected chi connectivity index (χ1v) is 9.26. The molecule has 0 spiro atoms. The van der Waals surface area contributed by atoms with Crippen LogP contribution in [0, 0.1) is 6.92 Å². The first kappa shape index (κ1) is 18.8. The molecule has 0 aliphatic carbocycles. The lowest BCUT2D eigenvalue weighted by molar-refractivity contribution is -0.154. The highest BCUT2D eigenvalue weighted by Gasteiger charge is 2.31. The largest absolute Gasteiger partial charge is 0.479 e. The van der Waals surface area contributed by atoms with Gasteiger partial charge in [-0.05, 0) is 30.2 Å². The third kappa shape index (κ3) is 3.74. The number of aliphatic carboxylic acids is 1. The van der Waals surface area contributed by atoms with E-state index in [0.29, 0.717) is 12.2 Å². The zero-order valence-electron chi connectivity index (χ0n) is 15.9. The Morgan fingerprint density at radius 3 is 2.45 bits per heavy atom. The molecule has 0 saturated carbocycles. The topological polar surface area (TPSA) is 97.6 Å². The molecule has 8 heteroatoms. The van der Waals surface area contributed by atoms with Gasteiger partial charge in [0.15, 0.2) is 11.8 Å². The van der Waals surface area contributed by atoms with Gasteiger partial charge >= 0.3 is 5.97 Å². The molecule has 0 radical (unpaired) electrons. The summed E-state index contributed by atoms with van der Waals surface area (Å²) in [4.78, 5) is 25.4. The van der Waals surface area contributed by atoms with Crippen LogP contribution in [0.1, 0.15) is 16.2 Å². The predicted octanol–water partition coefficient (Wildman–Crippen LogP) is 2.17. The third-order valence-corrected chi connectivity index (χ3v) is 4.95. The van der Waals surface area contributed by atoms with E-state index in [1.54, 1.807) is 11.6 Å². The molecule has 1 saturated heterocycles. The Hall–Kier alpha value is -3.52. The van der Waals surface area contributed by atoms with E-state index in [4.69, 9.17) is 9.84 Å². The Morgan fingerprint density at radius 2 is 1.76 bits per heavy atom. The molecule has 1 amide bonds. The summed E-state index contributed by atoms with van der Waals surface area (Å²) >= 11 is 0. The van der Waals surface area contributed by atoms with E-state index in [2.05, 4.69) is 10.3 Å².